The van der Waals surface area contributed by atoms with E-state index in [9.17, 15) is 4.79 Å². The summed E-state index contributed by atoms with van der Waals surface area (Å²) in [5, 5.41) is 3.37. The Morgan fingerprint density at radius 1 is 1.46 bits per heavy atom. The first kappa shape index (κ1) is 19.9. The third-order valence-corrected chi connectivity index (χ3v) is 4.45. The molecular weight excluding hydrogens is 332 g/mol. The van der Waals surface area contributed by atoms with E-state index < -0.39 is 0 Å². The minimum atomic E-state index is -0.236. The number of benzene rings is 1. The Bertz CT molecular complexity index is 621. The number of likely N-dealkylation sites (tertiary alicyclic amines) is 1. The molecule has 2 atom stereocenters. The Kier molecular flexibility index (Phi) is 7.56. The van der Waals surface area contributed by atoms with Crippen LogP contribution in [0.4, 0.5) is 0 Å². The van der Waals surface area contributed by atoms with E-state index >= 15 is 0 Å². The number of amides is 1. The predicted molar refractivity (Wildman–Crippen MR) is 103 cm³/mol. The second-order valence-corrected chi connectivity index (χ2v) is 6.66. The molecule has 1 amide bonds. The molecule has 0 spiro atoms. The van der Waals surface area contributed by atoms with Gasteiger partial charge in [0.1, 0.15) is 17.6 Å². The average Bonchev–Trinajstić information content (AvgIpc) is 2.62. The largest absolute Gasteiger partial charge is 0.497 e. The van der Waals surface area contributed by atoms with E-state index in [1.807, 2.05) is 31.2 Å². The van der Waals surface area contributed by atoms with Crippen molar-refractivity contribution in [3.63, 3.8) is 0 Å². The van der Waals surface area contributed by atoms with Gasteiger partial charge in [-0.1, -0.05) is 6.07 Å². The third-order valence-electron chi connectivity index (χ3n) is 4.45. The molecule has 1 heterocycles. The highest BCUT2D eigenvalue weighted by Crippen LogP contribution is 2.21. The number of aliphatic imine (C=N–C) groups is 1. The van der Waals surface area contributed by atoms with E-state index in [1.165, 1.54) is 0 Å². The molecule has 144 valence electrons. The molecule has 0 aliphatic carbocycles. The van der Waals surface area contributed by atoms with E-state index in [-0.39, 0.29) is 12.0 Å². The zero-order valence-electron chi connectivity index (χ0n) is 15.9. The number of nitrogens with one attached hydrogen (secondary N) is 1. The molecule has 1 fully saturated rings. The van der Waals surface area contributed by atoms with Crippen molar-refractivity contribution in [3.05, 3.63) is 24.3 Å². The summed E-state index contributed by atoms with van der Waals surface area (Å²) in [6, 6.07) is 7.56. The van der Waals surface area contributed by atoms with Crippen molar-refractivity contribution in [2.24, 2.45) is 16.6 Å². The number of nitrogens with zero attached hydrogens (tertiary/aromatic N) is 2. The van der Waals surface area contributed by atoms with Gasteiger partial charge in [-0.2, -0.15) is 0 Å². The fourth-order valence-electron chi connectivity index (χ4n) is 3.22. The zero-order chi connectivity index (χ0) is 18.9. The first-order valence-corrected chi connectivity index (χ1v) is 9.06. The second kappa shape index (κ2) is 9.89. The molecule has 2 rings (SSSR count). The summed E-state index contributed by atoms with van der Waals surface area (Å²) in [7, 11) is 3.41. The van der Waals surface area contributed by atoms with Crippen molar-refractivity contribution < 1.29 is 14.3 Å². The minimum absolute atomic E-state index is 0.0370. The lowest BCUT2D eigenvalue weighted by Crippen LogP contribution is -2.49. The number of nitrogens with two attached hydrogens (primary N) is 1. The van der Waals surface area contributed by atoms with E-state index in [1.54, 1.807) is 14.2 Å². The molecule has 3 N–H and O–H groups in total. The van der Waals surface area contributed by atoms with Gasteiger partial charge in [0.2, 0.25) is 5.91 Å². The molecule has 1 aromatic rings. The lowest BCUT2D eigenvalue weighted by atomic mass is 9.95. The van der Waals surface area contributed by atoms with Crippen LogP contribution in [0, 0.1) is 5.92 Å². The molecule has 2 unspecified atom stereocenters. The van der Waals surface area contributed by atoms with Crippen LogP contribution < -0.4 is 20.5 Å². The number of hydrogen-bond acceptors (Lipinski definition) is 4. The van der Waals surface area contributed by atoms with Crippen LogP contribution in [0.5, 0.6) is 11.5 Å². The Morgan fingerprint density at radius 3 is 2.92 bits per heavy atom. The fourth-order valence-corrected chi connectivity index (χ4v) is 3.22. The summed E-state index contributed by atoms with van der Waals surface area (Å²) in [6.07, 6.45) is 2.47. The maximum absolute atomic E-state index is 11.2. The molecule has 0 saturated carbocycles. The molecule has 0 bridgehead atoms. The molecule has 7 heteroatoms. The topological polar surface area (TPSA) is 89.2 Å². The summed E-state index contributed by atoms with van der Waals surface area (Å²) in [5.74, 6) is 2.44. The number of guanidine groups is 1. The summed E-state index contributed by atoms with van der Waals surface area (Å²) < 4.78 is 11.2. The van der Waals surface area contributed by atoms with Gasteiger partial charge in [-0.05, 0) is 37.8 Å². The molecule has 26 heavy (non-hydrogen) atoms. The number of methoxy groups -OCH3 is 1. The molecule has 1 aromatic carbocycles. The van der Waals surface area contributed by atoms with Crippen LogP contribution in [0.15, 0.2) is 29.3 Å². The van der Waals surface area contributed by atoms with Crippen molar-refractivity contribution in [3.8, 4) is 11.5 Å². The van der Waals surface area contributed by atoms with E-state index in [4.69, 9.17) is 15.2 Å². The van der Waals surface area contributed by atoms with Crippen molar-refractivity contribution in [2.75, 3.05) is 33.8 Å². The van der Waals surface area contributed by atoms with E-state index in [2.05, 4.69) is 15.2 Å². The number of carbonyl (C=O) groups is 1. The lowest BCUT2D eigenvalue weighted by molar-refractivity contribution is -0.119. The van der Waals surface area contributed by atoms with Crippen LogP contribution in [0.25, 0.3) is 0 Å². The smallest absolute Gasteiger partial charge is 0.217 e. The van der Waals surface area contributed by atoms with Crippen LogP contribution in [0.2, 0.25) is 0 Å². The molecule has 1 aliphatic heterocycles. The van der Waals surface area contributed by atoms with Gasteiger partial charge in [0, 0.05) is 32.6 Å². The highest BCUT2D eigenvalue weighted by atomic mass is 16.5. The summed E-state index contributed by atoms with van der Waals surface area (Å²) in [6.45, 7) is 4.36. The van der Waals surface area contributed by atoms with Crippen LogP contribution in [0.1, 0.15) is 26.2 Å². The monoisotopic (exact) mass is 362 g/mol. The lowest BCUT2D eigenvalue weighted by Gasteiger charge is -2.35. The van der Waals surface area contributed by atoms with E-state index in [0.717, 1.165) is 43.4 Å². The number of primary amides is 1. The normalized spacial score (nSPS) is 19.0. The van der Waals surface area contributed by atoms with Crippen molar-refractivity contribution >= 4 is 11.9 Å². The summed E-state index contributed by atoms with van der Waals surface area (Å²) in [4.78, 5) is 17.7. The van der Waals surface area contributed by atoms with Gasteiger partial charge in [0.05, 0.1) is 13.7 Å². The second-order valence-electron chi connectivity index (χ2n) is 6.66. The standard InChI is InChI=1S/C19H30N4O3/c1-14(26-17-8-4-7-16(11-17)25-3)12-22-19(21-2)23-9-5-6-15(13-23)10-18(20)24/h4,7-8,11,14-15H,5-6,9-10,12-13H2,1-3H3,(H2,20,24)(H,21,22). The predicted octanol–water partition coefficient (Wildman–Crippen LogP) is 1.63. The van der Waals surface area contributed by atoms with Crippen LogP contribution in [0.3, 0.4) is 0 Å². The Hall–Kier alpha value is -2.44. The Morgan fingerprint density at radius 2 is 2.23 bits per heavy atom. The zero-order valence-corrected chi connectivity index (χ0v) is 15.9. The molecular formula is C19H30N4O3. The molecule has 0 radical (unpaired) electrons. The van der Waals surface area contributed by atoms with Gasteiger partial charge in [0.15, 0.2) is 5.96 Å². The minimum Gasteiger partial charge on any atom is -0.497 e. The van der Waals surface area contributed by atoms with Crippen molar-refractivity contribution in [1.29, 1.82) is 0 Å². The SMILES string of the molecule is CN=C(NCC(C)Oc1cccc(OC)c1)N1CCCC(CC(N)=O)C1. The first-order chi connectivity index (χ1) is 12.5. The number of ether oxygens (including phenoxy) is 2. The average molecular weight is 362 g/mol. The Balaban J connectivity index is 1.84. The summed E-state index contributed by atoms with van der Waals surface area (Å²) in [5.41, 5.74) is 5.34. The third kappa shape index (κ3) is 6.13. The number of hydrogen-bond donors (Lipinski definition) is 2. The van der Waals surface area contributed by atoms with Crippen molar-refractivity contribution in [1.82, 2.24) is 10.2 Å². The molecule has 7 nitrogen and oxygen atoms in total. The van der Waals surface area contributed by atoms with Gasteiger partial charge in [-0.25, -0.2) is 0 Å². The number of piperidine rings is 1. The number of carbonyl (C=O) groups excluding carboxylic acids is 1. The fraction of sp³-hybridized carbons (Fsp3) is 0.579. The molecule has 1 aliphatic rings. The maximum Gasteiger partial charge on any atom is 0.217 e. The van der Waals surface area contributed by atoms with Gasteiger partial charge in [-0.15, -0.1) is 0 Å². The van der Waals surface area contributed by atoms with Crippen LogP contribution in [-0.4, -0.2) is 56.7 Å². The quantitative estimate of drug-likeness (QED) is 0.568. The van der Waals surface area contributed by atoms with Gasteiger partial charge >= 0.3 is 0 Å². The number of rotatable bonds is 7. The van der Waals surface area contributed by atoms with Crippen LogP contribution in [-0.2, 0) is 4.79 Å². The highest BCUT2D eigenvalue weighted by molar-refractivity contribution is 5.80. The molecule has 1 saturated heterocycles. The van der Waals surface area contributed by atoms with Gasteiger partial charge in [-0.3, -0.25) is 9.79 Å². The maximum atomic E-state index is 11.2. The van der Waals surface area contributed by atoms with E-state index in [0.29, 0.717) is 18.9 Å². The van der Waals surface area contributed by atoms with Gasteiger partial charge in [0.25, 0.3) is 0 Å². The molecule has 0 aromatic heterocycles. The van der Waals surface area contributed by atoms with Gasteiger partial charge < -0.3 is 25.4 Å². The highest BCUT2D eigenvalue weighted by Gasteiger charge is 2.23. The van der Waals surface area contributed by atoms with Crippen molar-refractivity contribution in [2.45, 2.75) is 32.3 Å². The first-order valence-electron chi connectivity index (χ1n) is 9.06. The Labute approximate surface area is 155 Å². The summed E-state index contributed by atoms with van der Waals surface area (Å²) >= 11 is 0. The van der Waals surface area contributed by atoms with Crippen LogP contribution >= 0.6 is 0 Å².